The minimum Gasteiger partial charge on any atom is -0.311 e. The smallest absolute Gasteiger partial charge is 0.311 e. The van der Waals surface area contributed by atoms with Crippen LogP contribution in [0.3, 0.4) is 0 Å². The topological polar surface area (TPSA) is 13.0 Å². The van der Waals surface area contributed by atoms with Crippen molar-refractivity contribution < 1.29 is 13.2 Å². The number of rotatable bonds is 45. The van der Waals surface area contributed by atoms with Gasteiger partial charge in [0.2, 0.25) is 0 Å². The first-order valence-electron chi connectivity index (χ1n) is 56.0. The molecule has 17 aromatic rings. The predicted octanol–water partition coefficient (Wildman–Crippen LogP) is 43.4. The number of nitrogens with zero attached hydrogens (tertiary/aromatic N) is 4. The number of benzene rings is 17. The van der Waals surface area contributed by atoms with Crippen molar-refractivity contribution in [3.8, 4) is 89.0 Å². The predicted molar refractivity (Wildman–Crippen MR) is 629 cm³/mol. The monoisotopic (exact) mass is 1960 g/mol. The van der Waals surface area contributed by atoms with E-state index in [0.29, 0.717) is 11.1 Å². The summed E-state index contributed by atoms with van der Waals surface area (Å²) in [6.07, 6.45) is 29.9. The van der Waals surface area contributed by atoms with E-state index in [1.54, 1.807) is 17.2 Å². The lowest BCUT2D eigenvalue weighted by atomic mass is 9.68. The molecule has 0 spiro atoms. The SMILES string of the molecule is CCCCCCCCC1(CCCCCCCC)c2cc(N(c3ccc(C)cc3)c3ccccc3-c3ccccc3)ccc2-c2cc3c(cc21)-c1ccc(N(c2ccc(-c4ccc(N(c5ccc(-c6ccc(N(c7ccc(C)cc7)c7ccc(-c8cccc(C(F)(F)F)c8)cc7)cc6)cc5)c5cccc6c5-c5ccccc5C6(C)C)cc4)cc2)c2ccccc2-c2ccccc2)cc1C3(CCCCCCCC)CCCCCCCC. The van der Waals surface area contributed by atoms with Crippen molar-refractivity contribution in [2.75, 3.05) is 19.6 Å². The fraction of sp³-hybridized carbons (Fsp3) is 0.282. The van der Waals surface area contributed by atoms with Gasteiger partial charge in [0.25, 0.3) is 0 Å². The third kappa shape index (κ3) is 21.5. The molecular weight excluding hydrogens is 1820 g/mol. The number of unbranched alkanes of at least 4 members (excludes halogenated alkanes) is 20. The fourth-order valence-corrected chi connectivity index (χ4v) is 24.9. The summed E-state index contributed by atoms with van der Waals surface area (Å²) in [5, 5.41) is 0. The quantitative estimate of drug-likeness (QED) is 0.0353. The second kappa shape index (κ2) is 46.2. The second-order valence-corrected chi connectivity index (χ2v) is 43.1. The Morgan fingerprint density at radius 3 is 0.859 bits per heavy atom. The van der Waals surface area contributed by atoms with Crippen molar-refractivity contribution in [3.05, 3.63) is 444 Å². The second-order valence-electron chi connectivity index (χ2n) is 43.1. The van der Waals surface area contributed by atoms with E-state index >= 15 is 0 Å². The van der Waals surface area contributed by atoms with Crippen LogP contribution in [0.1, 0.15) is 271 Å². The number of halogens is 3. The van der Waals surface area contributed by atoms with Crippen LogP contribution in [0.15, 0.2) is 394 Å². The Morgan fingerprint density at radius 1 is 0.201 bits per heavy atom. The van der Waals surface area contributed by atoms with Crippen molar-refractivity contribution in [2.24, 2.45) is 0 Å². The van der Waals surface area contributed by atoms with Gasteiger partial charge in [0, 0.05) is 84.1 Å². The molecule has 0 aliphatic heterocycles. The number of aryl methyl sites for hydroxylation is 2. The highest BCUT2D eigenvalue weighted by atomic mass is 19.4. The summed E-state index contributed by atoms with van der Waals surface area (Å²) in [6.45, 7) is 18.4. The lowest BCUT2D eigenvalue weighted by Crippen LogP contribution is -2.27. The first-order chi connectivity index (χ1) is 72.9. The molecule has 4 nitrogen and oxygen atoms in total. The fourth-order valence-electron chi connectivity index (χ4n) is 24.9. The molecule has 17 aromatic carbocycles. The Morgan fingerprint density at radius 2 is 0.483 bits per heavy atom. The van der Waals surface area contributed by atoms with Gasteiger partial charge in [-0.1, -0.05) is 449 Å². The standard InChI is InChI=1S/C142H145F3N4/c1-9-13-17-21-25-41-93-140(94-42-26-22-18-14-10-2)131-98-120(148(116-77-63-103(6)64-78-116)135-58-39-36-53-122(135)109-47-31-29-32-48-109)89-91-124(131)127-100-134-128(101-133(127)140)125-92-90-121(99-132(125)141(134,95-43-27-23-19-15-11-3)96-44-28-24-20-16-12-4)149(136-59-40-37-54-123(136)110-49-33-30-34-50-110)119-87-71-107(72-88-119)106-69-85-118(86-70-106)147(137-60-46-57-130-138(137)126-55-35-38-56-129(126)139(130,7)8)117-83-67-105(68-84-117)104-65-79-114(80-66-104)146(113-75-61-102(5)62-76-113)115-81-73-108(74-82-115)111-51-45-52-112(97-111)142(143,144)145/h29-40,45-92,97-101H,9-28,41-44,93-96H2,1-8H3. The van der Waals surface area contributed by atoms with Gasteiger partial charge in [-0.25, -0.2) is 0 Å². The van der Waals surface area contributed by atoms with Gasteiger partial charge in [0.05, 0.1) is 22.6 Å². The molecule has 0 amide bonds. The minimum atomic E-state index is -4.44. The van der Waals surface area contributed by atoms with Crippen molar-refractivity contribution in [1.29, 1.82) is 0 Å². The lowest BCUT2D eigenvalue weighted by Gasteiger charge is -2.36. The van der Waals surface area contributed by atoms with E-state index in [1.807, 2.05) is 24.3 Å². The van der Waals surface area contributed by atoms with Crippen LogP contribution in [0.25, 0.3) is 89.0 Å². The maximum absolute atomic E-state index is 13.9. The molecule has 0 heterocycles. The number of fused-ring (bicyclic) bond motifs is 9. The van der Waals surface area contributed by atoms with Crippen molar-refractivity contribution in [2.45, 2.75) is 258 Å². The van der Waals surface area contributed by atoms with Gasteiger partial charge in [-0.05, 0) is 297 Å². The largest absolute Gasteiger partial charge is 0.416 e. The Labute approximate surface area is 885 Å². The number of alkyl halides is 3. The van der Waals surface area contributed by atoms with Crippen LogP contribution in [-0.4, -0.2) is 0 Å². The van der Waals surface area contributed by atoms with E-state index in [2.05, 4.69) is 421 Å². The highest BCUT2D eigenvalue weighted by Crippen LogP contribution is 2.64. The first-order valence-corrected chi connectivity index (χ1v) is 56.0. The van der Waals surface area contributed by atoms with Crippen LogP contribution in [0, 0.1) is 13.8 Å². The average molecular weight is 1960 g/mol. The Balaban J connectivity index is 0.687. The molecule has 0 atom stereocenters. The zero-order valence-electron chi connectivity index (χ0n) is 88.7. The minimum absolute atomic E-state index is 0.221. The molecule has 0 aromatic heterocycles. The van der Waals surface area contributed by atoms with Crippen molar-refractivity contribution in [3.63, 3.8) is 0 Å². The maximum atomic E-state index is 13.9. The molecule has 0 fully saturated rings. The molecular formula is C142H145F3N4. The van der Waals surface area contributed by atoms with Gasteiger partial charge in [-0.15, -0.1) is 0 Å². The van der Waals surface area contributed by atoms with E-state index in [4.69, 9.17) is 0 Å². The molecule has 0 saturated heterocycles. The van der Waals surface area contributed by atoms with Crippen LogP contribution in [0.5, 0.6) is 0 Å². The van der Waals surface area contributed by atoms with Gasteiger partial charge in [-0.3, -0.25) is 0 Å². The van der Waals surface area contributed by atoms with Crippen LogP contribution in [0.4, 0.5) is 81.4 Å². The van der Waals surface area contributed by atoms with Crippen LogP contribution in [0.2, 0.25) is 0 Å². The summed E-state index contributed by atoms with van der Waals surface area (Å²) in [5.74, 6) is 0. The average Bonchev–Trinajstić information content (AvgIpc) is 1.52. The van der Waals surface area contributed by atoms with Gasteiger partial charge in [0.15, 0.2) is 0 Å². The molecule has 0 unspecified atom stereocenters. The van der Waals surface area contributed by atoms with Gasteiger partial charge < -0.3 is 19.6 Å². The van der Waals surface area contributed by atoms with E-state index in [0.717, 1.165) is 105 Å². The zero-order chi connectivity index (χ0) is 102. The number of hydrogen-bond donors (Lipinski definition) is 0. The summed E-state index contributed by atoms with van der Waals surface area (Å²) in [7, 11) is 0. The van der Waals surface area contributed by atoms with Gasteiger partial charge in [-0.2, -0.15) is 13.2 Å². The molecule has 0 bridgehead atoms. The van der Waals surface area contributed by atoms with E-state index < -0.39 is 11.7 Å². The Bertz CT molecular complexity index is 7350. The summed E-state index contributed by atoms with van der Waals surface area (Å²) in [4.78, 5) is 9.84. The van der Waals surface area contributed by atoms with Crippen LogP contribution in [-0.2, 0) is 22.4 Å². The van der Waals surface area contributed by atoms with E-state index in [1.165, 1.54) is 272 Å². The van der Waals surface area contributed by atoms with Gasteiger partial charge >= 0.3 is 6.18 Å². The Kier molecular flexibility index (Phi) is 31.6. The molecule has 754 valence electrons. The summed E-state index contributed by atoms with van der Waals surface area (Å²) in [6, 6.07) is 145. The third-order valence-corrected chi connectivity index (χ3v) is 32.8. The van der Waals surface area contributed by atoms with Crippen LogP contribution < -0.4 is 19.6 Å². The number of anilines is 12. The van der Waals surface area contributed by atoms with E-state index in [9.17, 15) is 13.2 Å². The molecule has 0 radical (unpaired) electrons. The zero-order valence-corrected chi connectivity index (χ0v) is 88.7. The van der Waals surface area contributed by atoms with Crippen molar-refractivity contribution >= 4 is 68.2 Å². The summed E-state index contributed by atoms with van der Waals surface area (Å²) < 4.78 is 41.8. The third-order valence-electron chi connectivity index (χ3n) is 32.8. The molecule has 20 rings (SSSR count). The highest BCUT2D eigenvalue weighted by Gasteiger charge is 2.49. The molecule has 7 heteroatoms. The van der Waals surface area contributed by atoms with Crippen molar-refractivity contribution in [1.82, 2.24) is 0 Å². The normalized spacial score (nSPS) is 13.2. The molecule has 3 aliphatic carbocycles. The van der Waals surface area contributed by atoms with Gasteiger partial charge in [0.1, 0.15) is 0 Å². The van der Waals surface area contributed by atoms with Crippen LogP contribution >= 0.6 is 0 Å². The molecule has 0 N–H and O–H groups in total. The summed E-state index contributed by atoms with van der Waals surface area (Å²) >= 11 is 0. The lowest BCUT2D eigenvalue weighted by molar-refractivity contribution is -0.137. The maximum Gasteiger partial charge on any atom is 0.416 e. The molecule has 0 saturated carbocycles. The first kappa shape index (κ1) is 102. The molecule has 3 aliphatic rings. The number of para-hydroxylation sites is 2. The Hall–Kier alpha value is -14.3. The van der Waals surface area contributed by atoms with E-state index in [-0.39, 0.29) is 16.2 Å². The number of hydrogen-bond acceptors (Lipinski definition) is 4. The summed E-state index contributed by atoms with van der Waals surface area (Å²) in [5.41, 5.74) is 41.6. The highest BCUT2D eigenvalue weighted by molar-refractivity contribution is 5.99. The molecule has 149 heavy (non-hydrogen) atoms.